The van der Waals surface area contributed by atoms with E-state index in [2.05, 4.69) is 27.7 Å². The SMILES string of the molecule is CCCCC[P+](CC)(CC)CC. The number of unbranched alkanes of at least 4 members (excludes halogenated alkanes) is 2. The first-order chi connectivity index (χ1) is 5.74. The minimum Gasteiger partial charge on any atom is -0.0654 e. The van der Waals surface area contributed by atoms with Gasteiger partial charge in [-0.05, 0) is 27.2 Å². The molecule has 0 aliphatic carbocycles. The summed E-state index contributed by atoms with van der Waals surface area (Å²) in [5.41, 5.74) is 0. The summed E-state index contributed by atoms with van der Waals surface area (Å²) in [5.74, 6) is 0. The summed E-state index contributed by atoms with van der Waals surface area (Å²) in [4.78, 5) is 0. The van der Waals surface area contributed by atoms with Gasteiger partial charge in [-0.1, -0.05) is 19.8 Å². The Hall–Kier alpha value is 0.430. The van der Waals surface area contributed by atoms with E-state index in [4.69, 9.17) is 0 Å². The fourth-order valence-electron chi connectivity index (χ4n) is 1.84. The van der Waals surface area contributed by atoms with Crippen LogP contribution < -0.4 is 0 Å². The molecular formula is C11H26P+. The molecule has 0 aromatic carbocycles. The summed E-state index contributed by atoms with van der Waals surface area (Å²) in [5, 5.41) is 0. The first kappa shape index (κ1) is 12.4. The van der Waals surface area contributed by atoms with Crippen molar-refractivity contribution in [2.24, 2.45) is 0 Å². The Labute approximate surface area is 79.5 Å². The Balaban J connectivity index is 3.76. The van der Waals surface area contributed by atoms with E-state index in [1.54, 1.807) is 6.16 Å². The van der Waals surface area contributed by atoms with Gasteiger partial charge < -0.3 is 0 Å². The largest absolute Gasteiger partial charge is 0.0654 e. The molecule has 0 aromatic heterocycles. The van der Waals surface area contributed by atoms with Crippen LogP contribution in [-0.2, 0) is 0 Å². The molecule has 0 unspecified atom stereocenters. The maximum atomic E-state index is 2.40. The average molecular weight is 189 g/mol. The van der Waals surface area contributed by atoms with E-state index in [0.717, 1.165) is 0 Å². The summed E-state index contributed by atoms with van der Waals surface area (Å²) in [6.45, 7) is 9.48. The van der Waals surface area contributed by atoms with Crippen LogP contribution in [0.4, 0.5) is 0 Å². The second kappa shape index (κ2) is 6.89. The Morgan fingerprint density at radius 1 is 0.750 bits per heavy atom. The molecule has 0 saturated carbocycles. The van der Waals surface area contributed by atoms with Crippen LogP contribution in [0.15, 0.2) is 0 Å². The molecule has 0 atom stereocenters. The van der Waals surface area contributed by atoms with Gasteiger partial charge in [0.25, 0.3) is 0 Å². The van der Waals surface area contributed by atoms with Gasteiger partial charge in [-0.2, -0.15) is 0 Å². The highest BCUT2D eigenvalue weighted by molar-refractivity contribution is 7.75. The van der Waals surface area contributed by atoms with Gasteiger partial charge in [0.05, 0.1) is 24.6 Å². The zero-order valence-corrected chi connectivity index (χ0v) is 10.3. The maximum Gasteiger partial charge on any atom is 0.0594 e. The van der Waals surface area contributed by atoms with Crippen molar-refractivity contribution in [1.82, 2.24) is 0 Å². The lowest BCUT2D eigenvalue weighted by Gasteiger charge is -2.23. The molecule has 74 valence electrons. The molecule has 0 aromatic rings. The van der Waals surface area contributed by atoms with Gasteiger partial charge in [0.1, 0.15) is 0 Å². The molecule has 0 aliphatic heterocycles. The topological polar surface area (TPSA) is 0 Å². The Morgan fingerprint density at radius 3 is 1.58 bits per heavy atom. The molecule has 0 N–H and O–H groups in total. The molecule has 0 saturated heterocycles. The van der Waals surface area contributed by atoms with Gasteiger partial charge in [-0.15, -0.1) is 0 Å². The molecule has 0 amide bonds. The highest BCUT2D eigenvalue weighted by Crippen LogP contribution is 2.58. The van der Waals surface area contributed by atoms with Crippen LogP contribution >= 0.6 is 7.26 Å². The van der Waals surface area contributed by atoms with Crippen molar-refractivity contribution in [3.8, 4) is 0 Å². The summed E-state index contributed by atoms with van der Waals surface area (Å²) in [7, 11) is -0.469. The van der Waals surface area contributed by atoms with E-state index < -0.39 is 7.26 Å². The molecule has 0 rings (SSSR count). The van der Waals surface area contributed by atoms with E-state index in [-0.39, 0.29) is 0 Å². The van der Waals surface area contributed by atoms with Crippen molar-refractivity contribution < 1.29 is 0 Å². The van der Waals surface area contributed by atoms with Crippen molar-refractivity contribution in [2.75, 3.05) is 24.6 Å². The van der Waals surface area contributed by atoms with Gasteiger partial charge in [0.15, 0.2) is 0 Å². The van der Waals surface area contributed by atoms with Gasteiger partial charge in [0.2, 0.25) is 0 Å². The molecule has 0 radical (unpaired) electrons. The van der Waals surface area contributed by atoms with Crippen molar-refractivity contribution in [1.29, 1.82) is 0 Å². The second-order valence-electron chi connectivity index (χ2n) is 3.72. The lowest BCUT2D eigenvalue weighted by Crippen LogP contribution is -2.07. The normalized spacial score (nSPS) is 12.0. The predicted octanol–water partition coefficient (Wildman–Crippen LogP) is 4.25. The molecule has 0 bridgehead atoms. The predicted molar refractivity (Wildman–Crippen MR) is 62.9 cm³/mol. The zero-order valence-electron chi connectivity index (χ0n) is 9.40. The smallest absolute Gasteiger partial charge is 0.0594 e. The van der Waals surface area contributed by atoms with Crippen LogP contribution in [0.2, 0.25) is 0 Å². The quantitative estimate of drug-likeness (QED) is 0.415. The summed E-state index contributed by atoms with van der Waals surface area (Å²) < 4.78 is 0. The van der Waals surface area contributed by atoms with Crippen molar-refractivity contribution in [2.45, 2.75) is 47.0 Å². The van der Waals surface area contributed by atoms with Crippen LogP contribution in [0.25, 0.3) is 0 Å². The summed E-state index contributed by atoms with van der Waals surface area (Å²) in [6, 6.07) is 0. The third-order valence-corrected chi connectivity index (χ3v) is 8.54. The van der Waals surface area contributed by atoms with E-state index >= 15 is 0 Å². The minimum absolute atomic E-state index is 0.469. The number of hydrogen-bond acceptors (Lipinski definition) is 0. The third kappa shape index (κ3) is 3.90. The molecule has 0 fully saturated rings. The van der Waals surface area contributed by atoms with Crippen molar-refractivity contribution in [3.63, 3.8) is 0 Å². The fraction of sp³-hybridized carbons (Fsp3) is 1.00. The first-order valence-corrected chi connectivity index (χ1v) is 8.12. The molecule has 0 aliphatic rings. The van der Waals surface area contributed by atoms with Gasteiger partial charge in [0, 0.05) is 7.26 Å². The fourth-order valence-corrected chi connectivity index (χ4v) is 5.03. The lowest BCUT2D eigenvalue weighted by molar-refractivity contribution is 0.772. The summed E-state index contributed by atoms with van der Waals surface area (Å²) >= 11 is 0. The van der Waals surface area contributed by atoms with E-state index in [0.29, 0.717) is 0 Å². The minimum atomic E-state index is -0.469. The zero-order chi connectivity index (χ0) is 9.45. The van der Waals surface area contributed by atoms with Crippen molar-refractivity contribution in [3.05, 3.63) is 0 Å². The number of rotatable bonds is 7. The Morgan fingerprint density at radius 2 is 1.25 bits per heavy atom. The maximum absolute atomic E-state index is 2.40. The Bertz CT molecular complexity index is 86.9. The molecule has 0 heterocycles. The van der Waals surface area contributed by atoms with Gasteiger partial charge in [-0.25, -0.2) is 0 Å². The molecule has 12 heavy (non-hydrogen) atoms. The lowest BCUT2D eigenvalue weighted by atomic mass is 10.3. The van der Waals surface area contributed by atoms with Gasteiger partial charge in [-0.3, -0.25) is 0 Å². The standard InChI is InChI=1S/C11H26P/c1-5-9-10-11-12(6-2,7-3)8-4/h5-11H2,1-4H3/q+1. The second-order valence-corrected chi connectivity index (χ2v) is 8.75. The monoisotopic (exact) mass is 189 g/mol. The molecule has 0 nitrogen and oxygen atoms in total. The van der Waals surface area contributed by atoms with Crippen LogP contribution in [0.5, 0.6) is 0 Å². The highest BCUT2D eigenvalue weighted by atomic mass is 31.2. The Kier molecular flexibility index (Phi) is 7.14. The van der Waals surface area contributed by atoms with Crippen molar-refractivity contribution >= 4 is 7.26 Å². The van der Waals surface area contributed by atoms with E-state index in [1.165, 1.54) is 37.7 Å². The molecular weight excluding hydrogens is 163 g/mol. The van der Waals surface area contributed by atoms with E-state index in [9.17, 15) is 0 Å². The molecule has 0 spiro atoms. The summed E-state index contributed by atoms with van der Waals surface area (Å²) in [6.07, 6.45) is 10.3. The van der Waals surface area contributed by atoms with E-state index in [1.807, 2.05) is 0 Å². The third-order valence-electron chi connectivity index (χ3n) is 3.25. The molecule has 1 heteroatoms. The average Bonchev–Trinajstić information content (AvgIpc) is 2.14. The number of hydrogen-bond donors (Lipinski definition) is 0. The van der Waals surface area contributed by atoms with Gasteiger partial charge >= 0.3 is 0 Å². The first-order valence-electron chi connectivity index (χ1n) is 5.59. The highest BCUT2D eigenvalue weighted by Gasteiger charge is 2.29. The van der Waals surface area contributed by atoms with Crippen LogP contribution in [0, 0.1) is 0 Å². The van der Waals surface area contributed by atoms with Crippen LogP contribution in [0.3, 0.4) is 0 Å². The van der Waals surface area contributed by atoms with Crippen LogP contribution in [0.1, 0.15) is 47.0 Å². The van der Waals surface area contributed by atoms with Crippen LogP contribution in [-0.4, -0.2) is 24.6 Å².